The Kier molecular flexibility index (Phi) is 5.73. The van der Waals surface area contributed by atoms with E-state index in [-0.39, 0.29) is 24.0 Å². The normalized spacial score (nSPS) is 17.4. The number of aromatic nitrogens is 4. The summed E-state index contributed by atoms with van der Waals surface area (Å²) in [4.78, 5) is 45.5. The van der Waals surface area contributed by atoms with E-state index in [2.05, 4.69) is 10.1 Å². The number of rotatable bonds is 3. The number of carbonyl (C=O) groups is 2. The molecule has 0 atom stereocenters. The molecule has 0 aliphatic carbocycles. The third-order valence-corrected chi connectivity index (χ3v) is 5.63. The summed E-state index contributed by atoms with van der Waals surface area (Å²) in [6.45, 7) is 2.74. The van der Waals surface area contributed by atoms with Gasteiger partial charge in [-0.05, 0) is 31.4 Å². The molecule has 4 rings (SSSR count). The van der Waals surface area contributed by atoms with Gasteiger partial charge in [0.15, 0.2) is 0 Å². The second kappa shape index (κ2) is 8.59. The number of fused-ring (bicyclic) bond motifs is 1. The minimum atomic E-state index is -0.195. The molecule has 2 aromatic heterocycles. The molecular formula is C20H26N6O3. The van der Waals surface area contributed by atoms with Gasteiger partial charge < -0.3 is 9.80 Å². The van der Waals surface area contributed by atoms with Gasteiger partial charge in [-0.2, -0.15) is 5.10 Å². The van der Waals surface area contributed by atoms with E-state index < -0.39 is 0 Å². The second-order valence-electron chi connectivity index (χ2n) is 7.58. The van der Waals surface area contributed by atoms with Gasteiger partial charge in [0.25, 0.3) is 5.91 Å². The van der Waals surface area contributed by atoms with Crippen LogP contribution < -0.4 is 5.69 Å². The molecule has 4 heterocycles. The fraction of sp³-hybridized carbons (Fsp3) is 0.550. The van der Waals surface area contributed by atoms with Crippen molar-refractivity contribution in [1.29, 1.82) is 0 Å². The van der Waals surface area contributed by atoms with Crippen LogP contribution >= 0.6 is 0 Å². The molecule has 9 nitrogen and oxygen atoms in total. The molecule has 0 spiro atoms. The summed E-state index contributed by atoms with van der Waals surface area (Å²) in [5.41, 5.74) is 0.408. The van der Waals surface area contributed by atoms with Crippen molar-refractivity contribution in [3.8, 4) is 0 Å². The third kappa shape index (κ3) is 4.23. The lowest BCUT2D eigenvalue weighted by molar-refractivity contribution is -0.132. The first kappa shape index (κ1) is 19.4. The highest BCUT2D eigenvalue weighted by Crippen LogP contribution is 2.11. The average Bonchev–Trinajstić information content (AvgIpc) is 2.99. The van der Waals surface area contributed by atoms with Crippen LogP contribution in [0.1, 0.15) is 41.9 Å². The van der Waals surface area contributed by atoms with E-state index in [1.54, 1.807) is 38.9 Å². The van der Waals surface area contributed by atoms with Crippen molar-refractivity contribution in [2.24, 2.45) is 0 Å². The molecule has 0 radical (unpaired) electrons. The lowest BCUT2D eigenvalue weighted by atomic mass is 10.2. The van der Waals surface area contributed by atoms with Crippen LogP contribution in [0.2, 0.25) is 0 Å². The van der Waals surface area contributed by atoms with Gasteiger partial charge in [-0.25, -0.2) is 9.48 Å². The fourth-order valence-corrected chi connectivity index (χ4v) is 4.00. The number of hydrogen-bond donors (Lipinski definition) is 0. The summed E-state index contributed by atoms with van der Waals surface area (Å²) in [6.07, 6.45) is 7.79. The van der Waals surface area contributed by atoms with Crippen molar-refractivity contribution in [3.63, 3.8) is 0 Å². The maximum Gasteiger partial charge on any atom is 0.346 e. The van der Waals surface area contributed by atoms with Crippen molar-refractivity contribution >= 4 is 11.8 Å². The molecule has 0 saturated carbocycles. The maximum atomic E-state index is 12.8. The molecule has 2 amide bonds. The van der Waals surface area contributed by atoms with Crippen molar-refractivity contribution < 1.29 is 9.59 Å². The largest absolute Gasteiger partial charge is 0.346 e. The summed E-state index contributed by atoms with van der Waals surface area (Å²) in [5, 5.41) is 4.40. The van der Waals surface area contributed by atoms with E-state index in [0.29, 0.717) is 44.7 Å². The molecule has 1 fully saturated rings. The van der Waals surface area contributed by atoms with Gasteiger partial charge in [0.05, 0.1) is 0 Å². The highest BCUT2D eigenvalue weighted by molar-refractivity contribution is 5.94. The first-order valence-corrected chi connectivity index (χ1v) is 10.3. The van der Waals surface area contributed by atoms with Crippen LogP contribution in [0.5, 0.6) is 0 Å². The van der Waals surface area contributed by atoms with E-state index in [1.807, 2.05) is 0 Å². The van der Waals surface area contributed by atoms with E-state index in [4.69, 9.17) is 0 Å². The molecule has 2 aliphatic rings. The molecule has 1 saturated heterocycles. The summed E-state index contributed by atoms with van der Waals surface area (Å²) >= 11 is 0. The van der Waals surface area contributed by atoms with Crippen molar-refractivity contribution in [3.05, 3.63) is 46.4 Å². The van der Waals surface area contributed by atoms with E-state index in [9.17, 15) is 14.4 Å². The number of pyridine rings is 1. The summed E-state index contributed by atoms with van der Waals surface area (Å²) in [5.74, 6) is 0.611. The summed E-state index contributed by atoms with van der Waals surface area (Å²) < 4.78 is 3.01. The number of nitrogens with zero attached hydrogens (tertiary/aromatic N) is 6. The molecule has 0 N–H and O–H groups in total. The van der Waals surface area contributed by atoms with E-state index in [1.165, 1.54) is 4.68 Å². The Balaban J connectivity index is 1.39. The minimum Gasteiger partial charge on any atom is -0.339 e. The fourth-order valence-electron chi connectivity index (χ4n) is 4.00. The number of aryl methyl sites for hydroxylation is 1. The van der Waals surface area contributed by atoms with Gasteiger partial charge in [0.1, 0.15) is 12.4 Å². The SMILES string of the molecule is O=C(Cn1nc2n(c1=O)CCCCC2)N1CCCN(C(=O)c2ccncc2)CC1. The summed E-state index contributed by atoms with van der Waals surface area (Å²) in [6, 6.07) is 3.40. The van der Waals surface area contributed by atoms with Crippen LogP contribution in [0.3, 0.4) is 0 Å². The maximum absolute atomic E-state index is 12.8. The lowest BCUT2D eigenvalue weighted by Gasteiger charge is -2.22. The number of carbonyl (C=O) groups excluding carboxylic acids is 2. The van der Waals surface area contributed by atoms with Crippen LogP contribution in [0, 0.1) is 0 Å². The molecule has 2 aliphatic heterocycles. The Bertz CT molecular complexity index is 935. The predicted molar refractivity (Wildman–Crippen MR) is 105 cm³/mol. The first-order chi connectivity index (χ1) is 14.1. The quantitative estimate of drug-likeness (QED) is 0.752. The Labute approximate surface area is 168 Å². The molecule has 0 bridgehead atoms. The van der Waals surface area contributed by atoms with Gasteiger partial charge in [-0.3, -0.25) is 19.1 Å². The Morgan fingerprint density at radius 2 is 1.66 bits per heavy atom. The monoisotopic (exact) mass is 398 g/mol. The topological polar surface area (TPSA) is 93.3 Å². The average molecular weight is 398 g/mol. The highest BCUT2D eigenvalue weighted by Gasteiger charge is 2.24. The molecule has 9 heteroatoms. The van der Waals surface area contributed by atoms with Gasteiger partial charge in [-0.15, -0.1) is 0 Å². The predicted octanol–water partition coefficient (Wildman–Crippen LogP) is 0.541. The van der Waals surface area contributed by atoms with Crippen LogP contribution in [0.4, 0.5) is 0 Å². The molecule has 29 heavy (non-hydrogen) atoms. The first-order valence-electron chi connectivity index (χ1n) is 10.3. The Morgan fingerprint density at radius 3 is 2.48 bits per heavy atom. The van der Waals surface area contributed by atoms with Gasteiger partial charge in [0, 0.05) is 57.1 Å². The zero-order valence-electron chi connectivity index (χ0n) is 16.5. The zero-order valence-corrected chi connectivity index (χ0v) is 16.5. The van der Waals surface area contributed by atoms with Crippen LogP contribution in [0.25, 0.3) is 0 Å². The minimum absolute atomic E-state index is 0.0445. The van der Waals surface area contributed by atoms with Gasteiger partial charge in [-0.1, -0.05) is 6.42 Å². The van der Waals surface area contributed by atoms with Crippen molar-refractivity contribution in [2.75, 3.05) is 26.2 Å². The number of amides is 2. The molecule has 2 aromatic rings. The standard InChI is InChI=1S/C20H26N6O3/c27-18(15-26-20(29)25-12-3-1-2-5-17(25)22-26)23-10-4-11-24(14-13-23)19(28)16-6-8-21-9-7-16/h6-9H,1-5,10-15H2. The second-order valence-corrected chi connectivity index (χ2v) is 7.58. The number of hydrogen-bond acceptors (Lipinski definition) is 5. The molecular weight excluding hydrogens is 372 g/mol. The van der Waals surface area contributed by atoms with Crippen LogP contribution in [-0.2, 0) is 24.3 Å². The molecule has 0 unspecified atom stereocenters. The van der Waals surface area contributed by atoms with E-state index >= 15 is 0 Å². The third-order valence-electron chi connectivity index (χ3n) is 5.63. The smallest absolute Gasteiger partial charge is 0.339 e. The molecule has 154 valence electrons. The van der Waals surface area contributed by atoms with Gasteiger partial charge in [0.2, 0.25) is 5.91 Å². The van der Waals surface area contributed by atoms with Crippen molar-refractivity contribution in [2.45, 2.75) is 45.2 Å². The van der Waals surface area contributed by atoms with Crippen LogP contribution in [0.15, 0.2) is 29.3 Å². The van der Waals surface area contributed by atoms with Crippen LogP contribution in [-0.4, -0.2) is 67.1 Å². The summed E-state index contributed by atoms with van der Waals surface area (Å²) in [7, 11) is 0. The molecule has 0 aromatic carbocycles. The Hall–Kier alpha value is -2.97. The highest BCUT2D eigenvalue weighted by atomic mass is 16.2. The lowest BCUT2D eigenvalue weighted by Crippen LogP contribution is -2.40. The Morgan fingerprint density at radius 1 is 0.897 bits per heavy atom. The van der Waals surface area contributed by atoms with E-state index in [0.717, 1.165) is 31.5 Å². The van der Waals surface area contributed by atoms with Gasteiger partial charge >= 0.3 is 5.69 Å². The zero-order chi connectivity index (χ0) is 20.2. The van der Waals surface area contributed by atoms with Crippen molar-refractivity contribution in [1.82, 2.24) is 29.1 Å².